The van der Waals surface area contributed by atoms with E-state index in [2.05, 4.69) is 9.97 Å². The molecule has 1 aromatic heterocycles. The van der Waals surface area contributed by atoms with E-state index in [-0.39, 0.29) is 12.6 Å². The number of nitrogens with zero attached hydrogens (tertiary/aromatic N) is 2. The molecule has 0 saturated heterocycles. The first-order valence-corrected chi connectivity index (χ1v) is 5.68. The van der Waals surface area contributed by atoms with Crippen LogP contribution in [-0.2, 0) is 6.42 Å². The highest BCUT2D eigenvalue weighted by atomic mass is 16.5. The van der Waals surface area contributed by atoms with Crippen LogP contribution in [0.4, 0.5) is 0 Å². The van der Waals surface area contributed by atoms with Gasteiger partial charge < -0.3 is 15.6 Å². The zero-order chi connectivity index (χ0) is 12.8. The second-order valence-electron chi connectivity index (χ2n) is 3.93. The van der Waals surface area contributed by atoms with Crippen LogP contribution < -0.4 is 10.5 Å². The van der Waals surface area contributed by atoms with Gasteiger partial charge in [0, 0.05) is 18.4 Å². The fraction of sp³-hybridized carbons (Fsp3) is 0.231. The molecule has 0 aliphatic rings. The van der Waals surface area contributed by atoms with Crippen molar-refractivity contribution in [3.63, 3.8) is 0 Å². The van der Waals surface area contributed by atoms with E-state index in [1.807, 2.05) is 24.3 Å². The predicted molar refractivity (Wildman–Crippen MR) is 67.3 cm³/mol. The van der Waals surface area contributed by atoms with Crippen LogP contribution in [0.2, 0.25) is 0 Å². The molecular weight excluding hydrogens is 230 g/mol. The number of rotatable bonds is 5. The second kappa shape index (κ2) is 6.09. The zero-order valence-corrected chi connectivity index (χ0v) is 9.86. The third-order valence-electron chi connectivity index (χ3n) is 2.38. The molecular formula is C13H15N3O2. The Morgan fingerprint density at radius 1 is 1.22 bits per heavy atom. The van der Waals surface area contributed by atoms with Crippen molar-refractivity contribution in [1.29, 1.82) is 0 Å². The molecule has 2 aromatic rings. The van der Waals surface area contributed by atoms with Crippen LogP contribution in [0.15, 0.2) is 42.7 Å². The van der Waals surface area contributed by atoms with Crippen molar-refractivity contribution < 1.29 is 9.84 Å². The second-order valence-corrected chi connectivity index (χ2v) is 3.93. The summed E-state index contributed by atoms with van der Waals surface area (Å²) in [5.41, 5.74) is 6.70. The maximum absolute atomic E-state index is 8.92. The van der Waals surface area contributed by atoms with E-state index in [1.54, 1.807) is 18.5 Å². The lowest BCUT2D eigenvalue weighted by Crippen LogP contribution is -2.26. The highest BCUT2D eigenvalue weighted by molar-refractivity contribution is 5.30. The molecule has 1 aromatic carbocycles. The molecule has 0 bridgehead atoms. The van der Waals surface area contributed by atoms with Crippen molar-refractivity contribution in [2.45, 2.75) is 12.5 Å². The lowest BCUT2D eigenvalue weighted by Gasteiger charge is -2.09. The Balaban J connectivity index is 2.08. The van der Waals surface area contributed by atoms with Gasteiger partial charge in [0.25, 0.3) is 0 Å². The summed E-state index contributed by atoms with van der Waals surface area (Å²) in [7, 11) is 0. The standard InChI is InChI=1S/C13H15N3O2/c14-11(9-17)7-10-3-1-4-12(8-10)18-13-15-5-2-6-16-13/h1-6,8,11,17H,7,9,14H2. The van der Waals surface area contributed by atoms with E-state index in [9.17, 15) is 0 Å². The average molecular weight is 245 g/mol. The Hall–Kier alpha value is -1.98. The largest absolute Gasteiger partial charge is 0.424 e. The van der Waals surface area contributed by atoms with Gasteiger partial charge in [-0.2, -0.15) is 0 Å². The summed E-state index contributed by atoms with van der Waals surface area (Å²) in [5, 5.41) is 8.92. The first-order valence-electron chi connectivity index (χ1n) is 5.68. The Kier molecular flexibility index (Phi) is 4.22. The average Bonchev–Trinajstić information content (AvgIpc) is 2.40. The van der Waals surface area contributed by atoms with Crippen molar-refractivity contribution in [3.05, 3.63) is 48.3 Å². The summed E-state index contributed by atoms with van der Waals surface area (Å²) in [6.07, 6.45) is 3.84. The van der Waals surface area contributed by atoms with E-state index in [1.165, 1.54) is 0 Å². The van der Waals surface area contributed by atoms with Crippen molar-refractivity contribution in [2.75, 3.05) is 6.61 Å². The molecule has 0 fully saturated rings. The van der Waals surface area contributed by atoms with Crippen LogP contribution in [0, 0.1) is 0 Å². The number of aliphatic hydroxyl groups is 1. The molecule has 18 heavy (non-hydrogen) atoms. The van der Waals surface area contributed by atoms with Crippen LogP contribution in [0.25, 0.3) is 0 Å². The quantitative estimate of drug-likeness (QED) is 0.825. The van der Waals surface area contributed by atoms with Gasteiger partial charge in [0.05, 0.1) is 6.61 Å². The topological polar surface area (TPSA) is 81.3 Å². The SMILES string of the molecule is NC(CO)Cc1cccc(Oc2ncccn2)c1. The maximum Gasteiger partial charge on any atom is 0.321 e. The smallest absolute Gasteiger partial charge is 0.321 e. The van der Waals surface area contributed by atoms with Gasteiger partial charge in [-0.05, 0) is 30.2 Å². The van der Waals surface area contributed by atoms with Gasteiger partial charge in [-0.25, -0.2) is 9.97 Å². The van der Waals surface area contributed by atoms with Crippen LogP contribution in [0.5, 0.6) is 11.8 Å². The van der Waals surface area contributed by atoms with E-state index in [0.29, 0.717) is 18.2 Å². The first-order chi connectivity index (χ1) is 8.78. The molecule has 3 N–H and O–H groups in total. The lowest BCUT2D eigenvalue weighted by atomic mass is 10.1. The Bertz CT molecular complexity index is 491. The molecule has 0 saturated carbocycles. The highest BCUT2D eigenvalue weighted by Crippen LogP contribution is 2.19. The molecule has 0 amide bonds. The van der Waals surface area contributed by atoms with Gasteiger partial charge >= 0.3 is 6.01 Å². The minimum Gasteiger partial charge on any atom is -0.424 e. The summed E-state index contributed by atoms with van der Waals surface area (Å²) < 4.78 is 5.51. The minimum atomic E-state index is -0.256. The first kappa shape index (κ1) is 12.5. The van der Waals surface area contributed by atoms with E-state index >= 15 is 0 Å². The normalized spacial score (nSPS) is 12.1. The molecule has 0 aliphatic carbocycles. The number of hydrogen-bond acceptors (Lipinski definition) is 5. The monoisotopic (exact) mass is 245 g/mol. The summed E-state index contributed by atoms with van der Waals surface area (Å²) in [4.78, 5) is 7.97. The van der Waals surface area contributed by atoms with Crippen LogP contribution in [0.1, 0.15) is 5.56 Å². The number of aliphatic hydroxyl groups excluding tert-OH is 1. The Morgan fingerprint density at radius 3 is 2.72 bits per heavy atom. The molecule has 1 heterocycles. The van der Waals surface area contributed by atoms with Gasteiger partial charge in [0.2, 0.25) is 0 Å². The Labute approximate surface area is 105 Å². The fourth-order valence-corrected chi connectivity index (χ4v) is 1.55. The molecule has 5 nitrogen and oxygen atoms in total. The summed E-state index contributed by atoms with van der Waals surface area (Å²) in [5.74, 6) is 0.656. The molecule has 0 radical (unpaired) electrons. The van der Waals surface area contributed by atoms with Crippen molar-refractivity contribution >= 4 is 0 Å². The molecule has 0 spiro atoms. The number of nitrogens with two attached hydrogens (primary N) is 1. The number of ether oxygens (including phenoxy) is 1. The zero-order valence-electron chi connectivity index (χ0n) is 9.86. The molecule has 2 rings (SSSR count). The third kappa shape index (κ3) is 3.51. The molecule has 94 valence electrons. The minimum absolute atomic E-state index is 0.0348. The summed E-state index contributed by atoms with van der Waals surface area (Å²) in [6.45, 7) is -0.0348. The molecule has 5 heteroatoms. The summed E-state index contributed by atoms with van der Waals surface area (Å²) >= 11 is 0. The highest BCUT2D eigenvalue weighted by Gasteiger charge is 2.04. The van der Waals surface area contributed by atoms with Crippen LogP contribution >= 0.6 is 0 Å². The predicted octanol–water partition coefficient (Wildman–Crippen LogP) is 1.13. The number of aromatic nitrogens is 2. The van der Waals surface area contributed by atoms with Crippen LogP contribution in [-0.4, -0.2) is 27.7 Å². The van der Waals surface area contributed by atoms with Crippen LogP contribution in [0.3, 0.4) is 0 Å². The fourth-order valence-electron chi connectivity index (χ4n) is 1.55. The molecule has 1 unspecified atom stereocenters. The van der Waals surface area contributed by atoms with Crippen molar-refractivity contribution in [3.8, 4) is 11.8 Å². The molecule has 0 aliphatic heterocycles. The lowest BCUT2D eigenvalue weighted by molar-refractivity contribution is 0.265. The van der Waals surface area contributed by atoms with E-state index in [4.69, 9.17) is 15.6 Å². The van der Waals surface area contributed by atoms with Gasteiger partial charge in [-0.3, -0.25) is 0 Å². The van der Waals surface area contributed by atoms with Gasteiger partial charge in [-0.1, -0.05) is 12.1 Å². The Morgan fingerprint density at radius 2 is 2.00 bits per heavy atom. The van der Waals surface area contributed by atoms with E-state index in [0.717, 1.165) is 5.56 Å². The van der Waals surface area contributed by atoms with Gasteiger partial charge in [0.15, 0.2) is 0 Å². The van der Waals surface area contributed by atoms with Crippen molar-refractivity contribution in [1.82, 2.24) is 9.97 Å². The number of benzene rings is 1. The maximum atomic E-state index is 8.92. The van der Waals surface area contributed by atoms with E-state index < -0.39 is 0 Å². The third-order valence-corrected chi connectivity index (χ3v) is 2.38. The number of hydrogen-bond donors (Lipinski definition) is 2. The van der Waals surface area contributed by atoms with Crippen molar-refractivity contribution in [2.24, 2.45) is 5.73 Å². The van der Waals surface area contributed by atoms with Gasteiger partial charge in [0.1, 0.15) is 5.75 Å². The summed E-state index contributed by atoms with van der Waals surface area (Å²) in [6, 6.07) is 9.28. The molecule has 1 atom stereocenters. The van der Waals surface area contributed by atoms with Gasteiger partial charge in [-0.15, -0.1) is 0 Å².